The number of nitrogen functional groups attached to an aromatic ring is 1. The first-order chi connectivity index (χ1) is 9.72. The summed E-state index contributed by atoms with van der Waals surface area (Å²) in [4.78, 5) is 1.01. The van der Waals surface area contributed by atoms with E-state index in [2.05, 4.69) is 6.07 Å². The molecule has 0 aliphatic carbocycles. The minimum absolute atomic E-state index is 0.643. The Morgan fingerprint density at radius 1 is 1.20 bits per heavy atom. The van der Waals surface area contributed by atoms with Gasteiger partial charge in [-0.15, -0.1) is 11.8 Å². The summed E-state index contributed by atoms with van der Waals surface area (Å²) in [5.74, 6) is 1.65. The van der Waals surface area contributed by atoms with Gasteiger partial charge in [-0.25, -0.2) is 0 Å². The van der Waals surface area contributed by atoms with Gasteiger partial charge in [-0.2, -0.15) is 5.26 Å². The summed E-state index contributed by atoms with van der Waals surface area (Å²) < 4.78 is 5.48. The van der Waals surface area contributed by atoms with Gasteiger partial charge in [0, 0.05) is 16.3 Å². The molecule has 0 unspecified atom stereocenters. The highest BCUT2D eigenvalue weighted by Crippen LogP contribution is 2.31. The van der Waals surface area contributed by atoms with Gasteiger partial charge in [0.05, 0.1) is 18.2 Å². The summed E-state index contributed by atoms with van der Waals surface area (Å²) in [5.41, 5.74) is 8.57. The van der Waals surface area contributed by atoms with Gasteiger partial charge in [0.15, 0.2) is 0 Å². The van der Waals surface area contributed by atoms with E-state index in [4.69, 9.17) is 15.7 Å². The smallest absolute Gasteiger partial charge is 0.120 e. The van der Waals surface area contributed by atoms with E-state index >= 15 is 0 Å². The molecule has 0 aromatic heterocycles. The molecule has 4 heteroatoms. The molecule has 0 radical (unpaired) electrons. The summed E-state index contributed by atoms with van der Waals surface area (Å²) in [5, 5.41) is 8.77. The van der Waals surface area contributed by atoms with Crippen LogP contribution >= 0.6 is 11.8 Å². The van der Waals surface area contributed by atoms with Crippen molar-refractivity contribution in [1.29, 1.82) is 5.26 Å². The van der Waals surface area contributed by atoms with Crippen LogP contribution in [0.2, 0.25) is 0 Å². The lowest BCUT2D eigenvalue weighted by Gasteiger charge is -2.09. The quantitative estimate of drug-likeness (QED) is 0.669. The van der Waals surface area contributed by atoms with Crippen molar-refractivity contribution in [2.75, 3.05) is 12.3 Å². The third-order valence-electron chi connectivity index (χ3n) is 2.77. The number of rotatable bonds is 5. The summed E-state index contributed by atoms with van der Waals surface area (Å²) in [6.45, 7) is 2.60. The molecule has 2 aromatic carbocycles. The maximum Gasteiger partial charge on any atom is 0.120 e. The number of thioether (sulfide) groups is 1. The molecule has 0 aliphatic rings. The van der Waals surface area contributed by atoms with Crippen LogP contribution < -0.4 is 10.5 Å². The average Bonchev–Trinajstić information content (AvgIpc) is 2.48. The minimum Gasteiger partial charge on any atom is -0.494 e. The van der Waals surface area contributed by atoms with E-state index in [1.54, 1.807) is 11.8 Å². The molecule has 0 saturated carbocycles. The van der Waals surface area contributed by atoms with Crippen molar-refractivity contribution in [2.45, 2.75) is 17.6 Å². The fourth-order valence-corrected chi connectivity index (χ4v) is 2.68. The number of nitrogens with zero attached hydrogens (tertiary/aromatic N) is 1. The molecule has 0 spiro atoms. The molecule has 0 bridgehead atoms. The van der Waals surface area contributed by atoms with Crippen LogP contribution in [0.1, 0.15) is 18.1 Å². The Balaban J connectivity index is 2.05. The lowest BCUT2D eigenvalue weighted by Crippen LogP contribution is -1.94. The molecule has 0 saturated heterocycles. The summed E-state index contributed by atoms with van der Waals surface area (Å²) >= 11 is 1.67. The van der Waals surface area contributed by atoms with Crippen LogP contribution in [0.15, 0.2) is 47.4 Å². The highest BCUT2D eigenvalue weighted by molar-refractivity contribution is 7.98. The minimum atomic E-state index is 0.643. The largest absolute Gasteiger partial charge is 0.494 e. The molecule has 0 amide bonds. The molecule has 0 aliphatic heterocycles. The van der Waals surface area contributed by atoms with Gasteiger partial charge in [-0.1, -0.05) is 12.1 Å². The van der Waals surface area contributed by atoms with Crippen LogP contribution in [0.4, 0.5) is 5.69 Å². The standard InChI is InChI=1S/C16H16N2OS/c1-2-19-14-7-8-15(18)16(9-14)20-11-13-5-3-12(10-17)4-6-13/h3-9H,2,11,18H2,1H3. The number of hydrogen-bond acceptors (Lipinski definition) is 4. The van der Waals surface area contributed by atoms with E-state index in [1.165, 1.54) is 0 Å². The van der Waals surface area contributed by atoms with Crippen LogP contribution in [-0.4, -0.2) is 6.61 Å². The molecular weight excluding hydrogens is 268 g/mol. The second-order valence-corrected chi connectivity index (χ2v) is 5.25. The van der Waals surface area contributed by atoms with Crippen molar-refractivity contribution in [2.24, 2.45) is 0 Å². The van der Waals surface area contributed by atoms with Crippen molar-refractivity contribution in [3.63, 3.8) is 0 Å². The van der Waals surface area contributed by atoms with Gasteiger partial charge in [-0.05, 0) is 42.8 Å². The number of hydrogen-bond donors (Lipinski definition) is 1. The zero-order chi connectivity index (χ0) is 14.4. The normalized spacial score (nSPS) is 10.0. The van der Waals surface area contributed by atoms with Crippen molar-refractivity contribution >= 4 is 17.4 Å². The Bertz CT molecular complexity index is 617. The predicted octanol–water partition coefficient (Wildman–Crippen LogP) is 3.83. The van der Waals surface area contributed by atoms with Crippen LogP contribution in [0, 0.1) is 11.3 Å². The van der Waals surface area contributed by atoms with Gasteiger partial charge >= 0.3 is 0 Å². The maximum absolute atomic E-state index is 8.77. The fraction of sp³-hybridized carbons (Fsp3) is 0.188. The SMILES string of the molecule is CCOc1ccc(N)c(SCc2ccc(C#N)cc2)c1. The Hall–Kier alpha value is -2.12. The third-order valence-corrected chi connectivity index (χ3v) is 3.92. The second-order valence-electron chi connectivity index (χ2n) is 4.23. The van der Waals surface area contributed by atoms with Gasteiger partial charge < -0.3 is 10.5 Å². The molecule has 20 heavy (non-hydrogen) atoms. The first-order valence-corrected chi connectivity index (χ1v) is 7.35. The highest BCUT2D eigenvalue weighted by Gasteiger charge is 2.04. The van der Waals surface area contributed by atoms with Gasteiger partial charge in [0.2, 0.25) is 0 Å². The Kier molecular flexibility index (Phi) is 4.91. The van der Waals surface area contributed by atoms with Crippen molar-refractivity contribution in [3.05, 3.63) is 53.6 Å². The van der Waals surface area contributed by atoms with E-state index in [1.807, 2.05) is 49.4 Å². The highest BCUT2D eigenvalue weighted by atomic mass is 32.2. The van der Waals surface area contributed by atoms with Crippen LogP contribution in [0.3, 0.4) is 0 Å². The molecule has 0 fully saturated rings. The van der Waals surface area contributed by atoms with Crippen molar-refractivity contribution in [3.8, 4) is 11.8 Å². The topological polar surface area (TPSA) is 59.0 Å². The molecule has 2 aromatic rings. The summed E-state index contributed by atoms with van der Waals surface area (Å²) in [7, 11) is 0. The molecule has 3 nitrogen and oxygen atoms in total. The molecule has 2 N–H and O–H groups in total. The van der Waals surface area contributed by atoms with Gasteiger partial charge in [0.25, 0.3) is 0 Å². The third kappa shape index (κ3) is 3.69. The maximum atomic E-state index is 8.77. The van der Waals surface area contributed by atoms with E-state index in [0.717, 1.165) is 27.6 Å². The molecule has 0 heterocycles. The lowest BCUT2D eigenvalue weighted by atomic mass is 10.2. The molecular formula is C16H16N2OS. The number of anilines is 1. The average molecular weight is 284 g/mol. The summed E-state index contributed by atoms with van der Waals surface area (Å²) in [6, 6.07) is 15.4. The van der Waals surface area contributed by atoms with Gasteiger partial charge in [0.1, 0.15) is 5.75 Å². The zero-order valence-corrected chi connectivity index (χ0v) is 12.1. The Labute approximate surface area is 123 Å². The predicted molar refractivity (Wildman–Crippen MR) is 82.7 cm³/mol. The fourth-order valence-electron chi connectivity index (χ4n) is 1.73. The monoisotopic (exact) mass is 284 g/mol. The van der Waals surface area contributed by atoms with E-state index in [-0.39, 0.29) is 0 Å². The lowest BCUT2D eigenvalue weighted by molar-refractivity contribution is 0.339. The number of nitrogens with two attached hydrogens (primary N) is 1. The van der Waals surface area contributed by atoms with Crippen LogP contribution in [0.5, 0.6) is 5.75 Å². The van der Waals surface area contributed by atoms with Crippen molar-refractivity contribution in [1.82, 2.24) is 0 Å². The van der Waals surface area contributed by atoms with E-state index < -0.39 is 0 Å². The number of nitriles is 1. The van der Waals surface area contributed by atoms with Crippen molar-refractivity contribution < 1.29 is 4.74 Å². The molecule has 102 valence electrons. The molecule has 2 rings (SSSR count). The first kappa shape index (κ1) is 14.3. The van der Waals surface area contributed by atoms with Crippen LogP contribution in [0.25, 0.3) is 0 Å². The number of ether oxygens (including phenoxy) is 1. The van der Waals surface area contributed by atoms with Crippen LogP contribution in [-0.2, 0) is 5.75 Å². The van der Waals surface area contributed by atoms with E-state index in [9.17, 15) is 0 Å². The Morgan fingerprint density at radius 2 is 1.95 bits per heavy atom. The number of benzene rings is 2. The second kappa shape index (κ2) is 6.88. The Morgan fingerprint density at radius 3 is 2.60 bits per heavy atom. The molecule has 0 atom stereocenters. The zero-order valence-electron chi connectivity index (χ0n) is 11.3. The summed E-state index contributed by atoms with van der Waals surface area (Å²) in [6.07, 6.45) is 0. The first-order valence-electron chi connectivity index (χ1n) is 6.37. The van der Waals surface area contributed by atoms with Gasteiger partial charge in [-0.3, -0.25) is 0 Å². The van der Waals surface area contributed by atoms with E-state index in [0.29, 0.717) is 12.2 Å².